The van der Waals surface area contributed by atoms with Crippen LogP contribution in [0.2, 0.25) is 0 Å². The van der Waals surface area contributed by atoms with Gasteiger partial charge in [0, 0.05) is 17.3 Å². The second-order valence-electron chi connectivity index (χ2n) is 5.81. The second-order valence-corrected chi connectivity index (χ2v) is 5.81. The van der Waals surface area contributed by atoms with Gasteiger partial charge in [0.05, 0.1) is 6.54 Å². The van der Waals surface area contributed by atoms with E-state index in [-0.39, 0.29) is 36.8 Å². The summed E-state index contributed by atoms with van der Waals surface area (Å²) in [6.07, 6.45) is 2.02. The Labute approximate surface area is 146 Å². The molecule has 1 saturated carbocycles. The summed E-state index contributed by atoms with van der Waals surface area (Å²) in [7, 11) is 1.57. The van der Waals surface area contributed by atoms with Crippen LogP contribution < -0.4 is 10.6 Å². The standard InChI is InChI=1S/C16H21N3O4.ClH/c1-10(16(22)23)19(2)9-14(20)17-13-5-3-4-11(8-13)15(21)18-12-6-7-12;/h3-5,8,10,12H,6-7,9H2,1-2H3,(H,17,20)(H,18,21)(H,22,23);1H. The molecule has 3 N–H and O–H groups in total. The van der Waals surface area contributed by atoms with E-state index in [0.717, 1.165) is 12.8 Å². The van der Waals surface area contributed by atoms with Gasteiger partial charge in [0.1, 0.15) is 6.04 Å². The van der Waals surface area contributed by atoms with Crippen LogP contribution in [0.1, 0.15) is 30.1 Å². The van der Waals surface area contributed by atoms with Crippen LogP contribution in [0.5, 0.6) is 0 Å². The summed E-state index contributed by atoms with van der Waals surface area (Å²) in [4.78, 5) is 36.3. The van der Waals surface area contributed by atoms with Gasteiger partial charge < -0.3 is 15.7 Å². The first-order valence-corrected chi connectivity index (χ1v) is 7.50. The number of halogens is 1. The molecule has 1 fully saturated rings. The van der Waals surface area contributed by atoms with E-state index in [2.05, 4.69) is 10.6 Å². The van der Waals surface area contributed by atoms with Crippen molar-refractivity contribution in [3.05, 3.63) is 29.8 Å². The van der Waals surface area contributed by atoms with Crippen LogP contribution in [0.25, 0.3) is 0 Å². The minimum atomic E-state index is -0.987. The molecule has 24 heavy (non-hydrogen) atoms. The third kappa shape index (κ3) is 5.82. The van der Waals surface area contributed by atoms with Gasteiger partial charge in [-0.05, 0) is 45.0 Å². The fourth-order valence-corrected chi connectivity index (χ4v) is 1.99. The van der Waals surface area contributed by atoms with Gasteiger partial charge in [0.15, 0.2) is 0 Å². The van der Waals surface area contributed by atoms with Crippen LogP contribution in [-0.4, -0.2) is 53.5 Å². The molecular weight excluding hydrogens is 334 g/mol. The van der Waals surface area contributed by atoms with Crippen molar-refractivity contribution in [1.29, 1.82) is 0 Å². The number of hydrogen-bond acceptors (Lipinski definition) is 4. The molecule has 0 aliphatic heterocycles. The summed E-state index contributed by atoms with van der Waals surface area (Å²) < 4.78 is 0. The van der Waals surface area contributed by atoms with Crippen LogP contribution in [0.15, 0.2) is 24.3 Å². The molecule has 0 heterocycles. The molecule has 1 unspecified atom stereocenters. The molecule has 0 saturated heterocycles. The van der Waals surface area contributed by atoms with Crippen LogP contribution >= 0.6 is 12.4 Å². The zero-order valence-corrected chi connectivity index (χ0v) is 14.4. The Kier molecular flexibility index (Phi) is 7.18. The van der Waals surface area contributed by atoms with Gasteiger partial charge in [0.2, 0.25) is 5.91 Å². The smallest absolute Gasteiger partial charge is 0.320 e. The first-order valence-electron chi connectivity index (χ1n) is 7.50. The first-order chi connectivity index (χ1) is 10.9. The topological polar surface area (TPSA) is 98.7 Å². The van der Waals surface area contributed by atoms with Crippen LogP contribution in [0, 0.1) is 0 Å². The average Bonchev–Trinajstić information content (AvgIpc) is 3.30. The molecular formula is C16H22ClN3O4. The maximum atomic E-state index is 12.0. The van der Waals surface area contributed by atoms with Crippen molar-refractivity contribution >= 4 is 35.9 Å². The molecule has 0 radical (unpaired) electrons. The largest absolute Gasteiger partial charge is 0.480 e. The predicted octanol–water partition coefficient (Wildman–Crippen LogP) is 1.34. The van der Waals surface area contributed by atoms with Crippen molar-refractivity contribution in [3.63, 3.8) is 0 Å². The number of carbonyl (C=O) groups is 3. The number of carboxylic acid groups (broad SMARTS) is 1. The number of likely N-dealkylation sites (N-methyl/N-ethyl adjacent to an activating group) is 1. The normalized spacial score (nSPS) is 14.5. The highest BCUT2D eigenvalue weighted by atomic mass is 35.5. The zero-order valence-electron chi connectivity index (χ0n) is 13.6. The Balaban J connectivity index is 0.00000288. The molecule has 0 spiro atoms. The van der Waals surface area contributed by atoms with E-state index >= 15 is 0 Å². The SMILES string of the molecule is CC(C(=O)O)N(C)CC(=O)Nc1cccc(C(=O)NC2CC2)c1.Cl. The van der Waals surface area contributed by atoms with Gasteiger partial charge in [-0.3, -0.25) is 19.3 Å². The highest BCUT2D eigenvalue weighted by Gasteiger charge is 2.24. The number of carboxylic acids is 1. The van der Waals surface area contributed by atoms with E-state index < -0.39 is 12.0 Å². The Hall–Kier alpha value is -2.12. The maximum absolute atomic E-state index is 12.0. The number of aliphatic carboxylic acids is 1. The van der Waals surface area contributed by atoms with E-state index in [0.29, 0.717) is 11.3 Å². The summed E-state index contributed by atoms with van der Waals surface area (Å²) in [6, 6.07) is 6.19. The maximum Gasteiger partial charge on any atom is 0.320 e. The van der Waals surface area contributed by atoms with Crippen LogP contribution in [0.4, 0.5) is 5.69 Å². The van der Waals surface area contributed by atoms with E-state index in [4.69, 9.17) is 5.11 Å². The van der Waals surface area contributed by atoms with Crippen LogP contribution in [0.3, 0.4) is 0 Å². The number of benzene rings is 1. The molecule has 0 bridgehead atoms. The molecule has 0 aromatic heterocycles. The van der Waals surface area contributed by atoms with Crippen molar-refractivity contribution in [3.8, 4) is 0 Å². The molecule has 2 rings (SSSR count). The Bertz CT molecular complexity index is 619. The van der Waals surface area contributed by atoms with Gasteiger partial charge in [-0.15, -0.1) is 12.4 Å². The molecule has 1 atom stereocenters. The quantitative estimate of drug-likeness (QED) is 0.685. The van der Waals surface area contributed by atoms with Crippen molar-refractivity contribution in [2.24, 2.45) is 0 Å². The van der Waals surface area contributed by atoms with Gasteiger partial charge in [0.25, 0.3) is 5.91 Å². The van der Waals surface area contributed by atoms with Gasteiger partial charge in [-0.2, -0.15) is 0 Å². The Morgan fingerprint density at radius 2 is 2.00 bits per heavy atom. The van der Waals surface area contributed by atoms with Gasteiger partial charge in [-0.25, -0.2) is 0 Å². The lowest BCUT2D eigenvalue weighted by Gasteiger charge is -2.20. The first kappa shape index (κ1) is 19.9. The molecule has 1 aromatic rings. The monoisotopic (exact) mass is 355 g/mol. The van der Waals surface area contributed by atoms with Crippen LogP contribution in [-0.2, 0) is 9.59 Å². The molecule has 2 amide bonds. The van der Waals surface area contributed by atoms with Gasteiger partial charge >= 0.3 is 5.97 Å². The second kappa shape index (κ2) is 8.65. The summed E-state index contributed by atoms with van der Waals surface area (Å²) in [6.45, 7) is 1.46. The minimum Gasteiger partial charge on any atom is -0.480 e. The van der Waals surface area contributed by atoms with E-state index in [9.17, 15) is 14.4 Å². The highest BCUT2D eigenvalue weighted by molar-refractivity contribution is 5.97. The fraction of sp³-hybridized carbons (Fsp3) is 0.438. The fourth-order valence-electron chi connectivity index (χ4n) is 1.99. The third-order valence-electron chi connectivity index (χ3n) is 3.73. The minimum absolute atomic E-state index is 0. The lowest BCUT2D eigenvalue weighted by atomic mass is 10.2. The number of rotatable bonds is 7. The number of hydrogen-bond donors (Lipinski definition) is 3. The Morgan fingerprint density at radius 1 is 1.33 bits per heavy atom. The molecule has 1 aliphatic rings. The van der Waals surface area contributed by atoms with E-state index in [1.165, 1.54) is 11.8 Å². The van der Waals surface area contributed by atoms with Gasteiger partial charge in [-0.1, -0.05) is 6.07 Å². The van der Waals surface area contributed by atoms with Crippen molar-refractivity contribution in [1.82, 2.24) is 10.2 Å². The lowest BCUT2D eigenvalue weighted by Crippen LogP contribution is -2.40. The lowest BCUT2D eigenvalue weighted by molar-refractivity contribution is -0.142. The number of amides is 2. The predicted molar refractivity (Wildman–Crippen MR) is 92.5 cm³/mol. The van der Waals surface area contributed by atoms with Crippen molar-refractivity contribution in [2.75, 3.05) is 18.9 Å². The molecule has 132 valence electrons. The summed E-state index contributed by atoms with van der Waals surface area (Å²) in [5, 5.41) is 14.5. The number of nitrogens with one attached hydrogen (secondary N) is 2. The number of nitrogens with zero attached hydrogens (tertiary/aromatic N) is 1. The summed E-state index contributed by atoms with van der Waals surface area (Å²) >= 11 is 0. The highest BCUT2D eigenvalue weighted by Crippen LogP contribution is 2.20. The molecule has 7 nitrogen and oxygen atoms in total. The number of carbonyl (C=O) groups excluding carboxylic acids is 2. The number of anilines is 1. The van der Waals surface area contributed by atoms with Crippen molar-refractivity contribution < 1.29 is 19.5 Å². The molecule has 1 aromatic carbocycles. The molecule has 8 heteroatoms. The average molecular weight is 356 g/mol. The summed E-state index contributed by atoms with van der Waals surface area (Å²) in [5.74, 6) is -1.47. The Morgan fingerprint density at radius 3 is 2.58 bits per heavy atom. The van der Waals surface area contributed by atoms with Crippen molar-refractivity contribution in [2.45, 2.75) is 31.8 Å². The summed E-state index contributed by atoms with van der Waals surface area (Å²) in [5.41, 5.74) is 0.997. The zero-order chi connectivity index (χ0) is 17.0. The van der Waals surface area contributed by atoms with E-state index in [1.807, 2.05) is 0 Å². The van der Waals surface area contributed by atoms with E-state index in [1.54, 1.807) is 31.3 Å². The molecule has 1 aliphatic carbocycles. The third-order valence-corrected chi connectivity index (χ3v) is 3.73.